The zero-order chi connectivity index (χ0) is 13.5. The highest BCUT2D eigenvalue weighted by molar-refractivity contribution is 5.36. The number of rotatable bonds is 7. The predicted octanol–water partition coefficient (Wildman–Crippen LogP) is 2.82. The van der Waals surface area contributed by atoms with E-state index in [0.717, 1.165) is 25.1 Å². The van der Waals surface area contributed by atoms with Gasteiger partial charge >= 0.3 is 0 Å². The van der Waals surface area contributed by atoms with Crippen LogP contribution in [0.3, 0.4) is 0 Å². The average molecular weight is 250 g/mol. The van der Waals surface area contributed by atoms with Crippen LogP contribution >= 0.6 is 0 Å². The highest BCUT2D eigenvalue weighted by Crippen LogP contribution is 2.31. The molecule has 3 heteroatoms. The zero-order valence-electron chi connectivity index (χ0n) is 12.0. The number of methoxy groups -OCH3 is 1. The number of nitrogens with zero attached hydrogens (tertiary/aromatic N) is 1. The molecule has 0 aliphatic carbocycles. The van der Waals surface area contributed by atoms with Gasteiger partial charge in [-0.1, -0.05) is 32.0 Å². The van der Waals surface area contributed by atoms with Crippen LogP contribution in [-0.4, -0.2) is 31.6 Å². The summed E-state index contributed by atoms with van der Waals surface area (Å²) in [4.78, 5) is 2.33. The Hall–Kier alpha value is -1.06. The maximum Gasteiger partial charge on any atom is 0.123 e. The zero-order valence-corrected chi connectivity index (χ0v) is 12.0. The van der Waals surface area contributed by atoms with Gasteiger partial charge in [0.2, 0.25) is 0 Å². The lowest BCUT2D eigenvalue weighted by Crippen LogP contribution is -2.39. The molecule has 0 heterocycles. The number of hydrogen-bond acceptors (Lipinski definition) is 3. The molecule has 2 atom stereocenters. The minimum Gasteiger partial charge on any atom is -0.496 e. The predicted molar refractivity (Wildman–Crippen MR) is 76.9 cm³/mol. The summed E-state index contributed by atoms with van der Waals surface area (Å²) in [5.41, 5.74) is 7.49. The molecular formula is C15H26N2O. The van der Waals surface area contributed by atoms with Crippen LogP contribution in [0.4, 0.5) is 0 Å². The van der Waals surface area contributed by atoms with E-state index in [0.29, 0.717) is 0 Å². The van der Waals surface area contributed by atoms with Crippen LogP contribution in [0, 0.1) is 0 Å². The number of para-hydroxylation sites is 1. The first kappa shape index (κ1) is 15.0. The number of benzene rings is 1. The molecule has 0 fully saturated rings. The molecule has 0 radical (unpaired) electrons. The molecule has 0 bridgehead atoms. The second kappa shape index (κ2) is 7.39. The lowest BCUT2D eigenvalue weighted by molar-refractivity contribution is 0.205. The van der Waals surface area contributed by atoms with Crippen molar-refractivity contribution in [1.82, 2.24) is 4.90 Å². The van der Waals surface area contributed by atoms with E-state index in [4.69, 9.17) is 10.5 Å². The van der Waals surface area contributed by atoms with Gasteiger partial charge in [0, 0.05) is 11.6 Å². The first-order valence-corrected chi connectivity index (χ1v) is 6.74. The van der Waals surface area contributed by atoms with Crippen LogP contribution < -0.4 is 10.5 Å². The number of hydrogen-bond donors (Lipinski definition) is 1. The summed E-state index contributed by atoms with van der Waals surface area (Å²) in [5.74, 6) is 0.925. The highest BCUT2D eigenvalue weighted by atomic mass is 16.5. The van der Waals surface area contributed by atoms with Gasteiger partial charge in [-0.15, -0.1) is 0 Å². The molecule has 1 aromatic rings. The van der Waals surface area contributed by atoms with Crippen LogP contribution in [0.25, 0.3) is 0 Å². The van der Waals surface area contributed by atoms with Crippen molar-refractivity contribution in [1.29, 1.82) is 0 Å². The number of likely N-dealkylation sites (N-methyl/N-ethyl adjacent to an activating group) is 1. The van der Waals surface area contributed by atoms with Crippen molar-refractivity contribution in [3.05, 3.63) is 29.8 Å². The minimum absolute atomic E-state index is 0.123. The summed E-state index contributed by atoms with van der Waals surface area (Å²) >= 11 is 0. The smallest absolute Gasteiger partial charge is 0.123 e. The average Bonchev–Trinajstić information content (AvgIpc) is 2.39. The Morgan fingerprint density at radius 3 is 2.50 bits per heavy atom. The Morgan fingerprint density at radius 2 is 1.94 bits per heavy atom. The van der Waals surface area contributed by atoms with Crippen molar-refractivity contribution in [3.63, 3.8) is 0 Å². The van der Waals surface area contributed by atoms with E-state index in [2.05, 4.69) is 31.9 Å². The van der Waals surface area contributed by atoms with Crippen LogP contribution in [0.2, 0.25) is 0 Å². The second-order valence-corrected chi connectivity index (χ2v) is 4.74. The largest absolute Gasteiger partial charge is 0.496 e. The standard InChI is InChI=1S/C15H26N2O/c1-5-11-17(3)15(13(16)6-2)12-9-7-8-10-14(12)18-4/h7-10,13,15H,5-6,11,16H2,1-4H3. The van der Waals surface area contributed by atoms with Crippen molar-refractivity contribution >= 4 is 0 Å². The van der Waals surface area contributed by atoms with E-state index in [9.17, 15) is 0 Å². The summed E-state index contributed by atoms with van der Waals surface area (Å²) in [6, 6.07) is 8.50. The van der Waals surface area contributed by atoms with Crippen molar-refractivity contribution in [2.45, 2.75) is 38.8 Å². The molecule has 0 saturated carbocycles. The quantitative estimate of drug-likeness (QED) is 0.808. The molecule has 0 saturated heterocycles. The molecule has 0 aliphatic rings. The van der Waals surface area contributed by atoms with Crippen molar-refractivity contribution in [2.24, 2.45) is 5.73 Å². The van der Waals surface area contributed by atoms with Crippen LogP contribution in [0.5, 0.6) is 5.75 Å². The molecule has 18 heavy (non-hydrogen) atoms. The Bertz CT molecular complexity index is 354. The van der Waals surface area contributed by atoms with Crippen LogP contribution in [0.15, 0.2) is 24.3 Å². The fraction of sp³-hybridized carbons (Fsp3) is 0.600. The second-order valence-electron chi connectivity index (χ2n) is 4.74. The van der Waals surface area contributed by atoms with Gasteiger partial charge in [-0.3, -0.25) is 4.90 Å². The Morgan fingerprint density at radius 1 is 1.28 bits per heavy atom. The molecule has 2 N–H and O–H groups in total. The molecule has 3 nitrogen and oxygen atoms in total. The van der Waals surface area contributed by atoms with Crippen molar-refractivity contribution in [3.8, 4) is 5.75 Å². The van der Waals surface area contributed by atoms with E-state index in [1.807, 2.05) is 18.2 Å². The molecule has 0 aromatic heterocycles. The summed E-state index contributed by atoms with van der Waals surface area (Å²) in [5, 5.41) is 0. The summed E-state index contributed by atoms with van der Waals surface area (Å²) in [6.07, 6.45) is 2.08. The molecule has 0 aliphatic heterocycles. The van der Waals surface area contributed by atoms with Gasteiger partial charge in [0.05, 0.1) is 13.2 Å². The van der Waals surface area contributed by atoms with E-state index in [1.54, 1.807) is 7.11 Å². The SMILES string of the molecule is CCCN(C)C(c1ccccc1OC)C(N)CC. The fourth-order valence-electron chi connectivity index (χ4n) is 2.42. The van der Waals surface area contributed by atoms with Gasteiger partial charge < -0.3 is 10.5 Å². The molecule has 0 amide bonds. The Labute approximate surface area is 111 Å². The first-order valence-electron chi connectivity index (χ1n) is 6.74. The Balaban J connectivity index is 3.08. The van der Waals surface area contributed by atoms with Gasteiger partial charge in [0.1, 0.15) is 5.75 Å². The van der Waals surface area contributed by atoms with Gasteiger partial charge in [0.15, 0.2) is 0 Å². The van der Waals surface area contributed by atoms with Crippen molar-refractivity contribution < 1.29 is 4.74 Å². The topological polar surface area (TPSA) is 38.5 Å². The van der Waals surface area contributed by atoms with Crippen LogP contribution in [0.1, 0.15) is 38.3 Å². The lowest BCUT2D eigenvalue weighted by Gasteiger charge is -2.33. The molecule has 0 spiro atoms. The molecule has 102 valence electrons. The molecule has 2 unspecified atom stereocenters. The number of ether oxygens (including phenoxy) is 1. The van der Waals surface area contributed by atoms with E-state index < -0.39 is 0 Å². The monoisotopic (exact) mass is 250 g/mol. The third kappa shape index (κ3) is 3.47. The third-order valence-corrected chi connectivity index (χ3v) is 3.39. The normalized spacial score (nSPS) is 14.6. The van der Waals surface area contributed by atoms with Gasteiger partial charge in [-0.05, 0) is 32.5 Å². The Kier molecular flexibility index (Phi) is 6.16. The summed E-state index contributed by atoms with van der Waals surface area (Å²) < 4.78 is 5.47. The van der Waals surface area contributed by atoms with E-state index in [1.165, 1.54) is 5.56 Å². The van der Waals surface area contributed by atoms with Crippen LogP contribution in [-0.2, 0) is 0 Å². The lowest BCUT2D eigenvalue weighted by atomic mass is 9.95. The fourth-order valence-corrected chi connectivity index (χ4v) is 2.42. The minimum atomic E-state index is 0.123. The summed E-state index contributed by atoms with van der Waals surface area (Å²) in [6.45, 7) is 5.36. The van der Waals surface area contributed by atoms with Crippen molar-refractivity contribution in [2.75, 3.05) is 20.7 Å². The molecule has 1 aromatic carbocycles. The van der Waals surface area contributed by atoms with E-state index >= 15 is 0 Å². The maximum absolute atomic E-state index is 6.31. The summed E-state index contributed by atoms with van der Waals surface area (Å²) in [7, 11) is 3.85. The molecular weight excluding hydrogens is 224 g/mol. The number of nitrogens with two attached hydrogens (primary N) is 1. The third-order valence-electron chi connectivity index (χ3n) is 3.39. The van der Waals surface area contributed by atoms with Gasteiger partial charge in [-0.2, -0.15) is 0 Å². The van der Waals surface area contributed by atoms with Gasteiger partial charge in [0.25, 0.3) is 0 Å². The van der Waals surface area contributed by atoms with E-state index in [-0.39, 0.29) is 12.1 Å². The molecule has 1 rings (SSSR count). The highest BCUT2D eigenvalue weighted by Gasteiger charge is 2.25. The first-order chi connectivity index (χ1) is 8.65. The maximum atomic E-state index is 6.31. The van der Waals surface area contributed by atoms with Gasteiger partial charge in [-0.25, -0.2) is 0 Å².